The number of amides is 3. The highest BCUT2D eigenvalue weighted by atomic mass is 16.5. The number of fused-ring (bicyclic) bond motifs is 1. The molecule has 0 radical (unpaired) electrons. The van der Waals surface area contributed by atoms with Crippen LogP contribution >= 0.6 is 0 Å². The molecular weight excluding hydrogens is 384 g/mol. The van der Waals surface area contributed by atoms with Crippen molar-refractivity contribution in [3.8, 4) is 5.75 Å². The van der Waals surface area contributed by atoms with Gasteiger partial charge in [-0.3, -0.25) is 14.4 Å². The van der Waals surface area contributed by atoms with Crippen LogP contribution in [0.5, 0.6) is 5.75 Å². The molecule has 0 aromatic heterocycles. The lowest BCUT2D eigenvalue weighted by Crippen LogP contribution is -2.50. The quantitative estimate of drug-likeness (QED) is 0.651. The van der Waals surface area contributed by atoms with E-state index in [2.05, 4.69) is 16.0 Å². The van der Waals surface area contributed by atoms with Gasteiger partial charge in [-0.25, -0.2) is 0 Å². The maximum Gasteiger partial charge on any atom is 0.262 e. The van der Waals surface area contributed by atoms with Crippen molar-refractivity contribution in [1.29, 1.82) is 0 Å². The van der Waals surface area contributed by atoms with E-state index >= 15 is 0 Å². The first kappa shape index (κ1) is 21.2. The van der Waals surface area contributed by atoms with Gasteiger partial charge in [0.05, 0.1) is 18.8 Å². The molecule has 3 N–H and O–H groups in total. The van der Waals surface area contributed by atoms with Crippen molar-refractivity contribution in [2.24, 2.45) is 0 Å². The Bertz CT molecular complexity index is 914. The SMILES string of the molecule is CCCNC(=O)[C@@H]1CN(CC(=O)Nc2ccc(NC(C)=O)cc2)c2ccccc2O1. The molecule has 0 saturated carbocycles. The summed E-state index contributed by atoms with van der Waals surface area (Å²) in [4.78, 5) is 38.0. The fourth-order valence-corrected chi connectivity index (χ4v) is 3.17. The molecule has 0 aliphatic carbocycles. The Morgan fingerprint density at radius 2 is 1.70 bits per heavy atom. The number of hydrogen-bond acceptors (Lipinski definition) is 5. The highest BCUT2D eigenvalue weighted by molar-refractivity contribution is 5.95. The monoisotopic (exact) mass is 410 g/mol. The lowest BCUT2D eigenvalue weighted by molar-refractivity contribution is -0.128. The van der Waals surface area contributed by atoms with Crippen molar-refractivity contribution < 1.29 is 19.1 Å². The number of carbonyl (C=O) groups is 3. The highest BCUT2D eigenvalue weighted by Gasteiger charge is 2.31. The van der Waals surface area contributed by atoms with Crippen molar-refractivity contribution in [3.63, 3.8) is 0 Å². The third-order valence-corrected chi connectivity index (χ3v) is 4.53. The van der Waals surface area contributed by atoms with E-state index < -0.39 is 6.10 Å². The molecule has 1 heterocycles. The smallest absolute Gasteiger partial charge is 0.262 e. The van der Waals surface area contributed by atoms with E-state index in [0.717, 1.165) is 12.1 Å². The summed E-state index contributed by atoms with van der Waals surface area (Å²) in [7, 11) is 0. The number of nitrogens with zero attached hydrogens (tertiary/aromatic N) is 1. The van der Waals surface area contributed by atoms with Gasteiger partial charge in [0.15, 0.2) is 6.10 Å². The van der Waals surface area contributed by atoms with E-state index in [0.29, 0.717) is 23.7 Å². The average molecular weight is 410 g/mol. The minimum absolute atomic E-state index is 0.0748. The molecule has 8 heteroatoms. The molecular formula is C22H26N4O4. The Balaban J connectivity index is 1.67. The van der Waals surface area contributed by atoms with Gasteiger partial charge in [0.1, 0.15) is 5.75 Å². The maximum atomic E-state index is 12.6. The van der Waals surface area contributed by atoms with Gasteiger partial charge in [-0.15, -0.1) is 0 Å². The van der Waals surface area contributed by atoms with Crippen LogP contribution in [0.3, 0.4) is 0 Å². The normalized spacial score (nSPS) is 14.9. The van der Waals surface area contributed by atoms with Crippen molar-refractivity contribution in [3.05, 3.63) is 48.5 Å². The van der Waals surface area contributed by atoms with Crippen LogP contribution in [0, 0.1) is 0 Å². The lowest BCUT2D eigenvalue weighted by Gasteiger charge is -2.35. The largest absolute Gasteiger partial charge is 0.477 e. The average Bonchev–Trinajstić information content (AvgIpc) is 2.73. The summed E-state index contributed by atoms with van der Waals surface area (Å²) in [5.41, 5.74) is 2.05. The number of ether oxygens (including phenoxy) is 1. The van der Waals surface area contributed by atoms with Crippen LogP contribution in [-0.4, -0.2) is 43.5 Å². The molecule has 158 valence electrons. The molecule has 0 saturated heterocycles. The molecule has 1 aliphatic heterocycles. The van der Waals surface area contributed by atoms with Gasteiger partial charge in [0.2, 0.25) is 11.8 Å². The molecule has 3 amide bonds. The Labute approximate surface area is 175 Å². The van der Waals surface area contributed by atoms with Crippen LogP contribution in [0.25, 0.3) is 0 Å². The zero-order chi connectivity index (χ0) is 21.5. The number of carbonyl (C=O) groups excluding carboxylic acids is 3. The molecule has 2 aromatic rings. The molecule has 2 aromatic carbocycles. The number of hydrogen-bond donors (Lipinski definition) is 3. The Hall–Kier alpha value is -3.55. The standard InChI is InChI=1S/C22H26N4O4/c1-3-12-23-22(29)20-13-26(18-6-4-5-7-19(18)30-20)14-21(28)25-17-10-8-16(9-11-17)24-15(2)27/h4-11,20H,3,12-14H2,1-2H3,(H,23,29)(H,24,27)(H,25,28)/t20-/m0/s1. The first-order valence-electron chi connectivity index (χ1n) is 9.92. The molecule has 8 nitrogen and oxygen atoms in total. The van der Waals surface area contributed by atoms with Gasteiger partial charge >= 0.3 is 0 Å². The van der Waals surface area contributed by atoms with Crippen molar-refractivity contribution in [2.45, 2.75) is 26.4 Å². The molecule has 0 spiro atoms. The second-order valence-electron chi connectivity index (χ2n) is 7.05. The number of nitrogens with one attached hydrogen (secondary N) is 3. The van der Waals surface area contributed by atoms with E-state index in [1.54, 1.807) is 30.3 Å². The summed E-state index contributed by atoms with van der Waals surface area (Å²) in [5.74, 6) is 0.0140. The van der Waals surface area contributed by atoms with Gasteiger partial charge in [-0.05, 0) is 42.8 Å². The Morgan fingerprint density at radius 1 is 1.03 bits per heavy atom. The molecule has 3 rings (SSSR count). The zero-order valence-electron chi connectivity index (χ0n) is 17.1. The zero-order valence-corrected chi connectivity index (χ0v) is 17.1. The molecule has 30 heavy (non-hydrogen) atoms. The number of anilines is 3. The third kappa shape index (κ3) is 5.50. The lowest BCUT2D eigenvalue weighted by atomic mass is 10.1. The van der Waals surface area contributed by atoms with E-state index in [-0.39, 0.29) is 30.8 Å². The number of rotatable bonds is 7. The van der Waals surface area contributed by atoms with Crippen molar-refractivity contribution in [1.82, 2.24) is 5.32 Å². The van der Waals surface area contributed by atoms with Crippen LogP contribution < -0.4 is 25.6 Å². The van der Waals surface area contributed by atoms with Crippen LogP contribution in [0.15, 0.2) is 48.5 Å². The van der Waals surface area contributed by atoms with E-state index in [9.17, 15) is 14.4 Å². The molecule has 0 bridgehead atoms. The Morgan fingerprint density at radius 3 is 2.37 bits per heavy atom. The predicted molar refractivity (Wildman–Crippen MR) is 116 cm³/mol. The topological polar surface area (TPSA) is 99.8 Å². The van der Waals surface area contributed by atoms with E-state index in [1.807, 2.05) is 30.0 Å². The summed E-state index contributed by atoms with van der Waals surface area (Å²) >= 11 is 0. The fraction of sp³-hybridized carbons (Fsp3) is 0.318. The van der Waals surface area contributed by atoms with Gasteiger partial charge < -0.3 is 25.6 Å². The summed E-state index contributed by atoms with van der Waals surface area (Å²) in [6, 6.07) is 14.2. The fourth-order valence-electron chi connectivity index (χ4n) is 3.17. The van der Waals surface area contributed by atoms with E-state index in [4.69, 9.17) is 4.74 Å². The maximum absolute atomic E-state index is 12.6. The van der Waals surface area contributed by atoms with Crippen LogP contribution in [0.4, 0.5) is 17.1 Å². The minimum Gasteiger partial charge on any atom is -0.477 e. The van der Waals surface area contributed by atoms with Crippen molar-refractivity contribution in [2.75, 3.05) is 35.2 Å². The summed E-state index contributed by atoms with van der Waals surface area (Å²) in [5, 5.41) is 8.37. The molecule has 0 fully saturated rings. The van der Waals surface area contributed by atoms with Crippen LogP contribution in [0.2, 0.25) is 0 Å². The summed E-state index contributed by atoms with van der Waals surface area (Å²) in [6.07, 6.45) is 0.151. The number of benzene rings is 2. The van der Waals surface area contributed by atoms with Gasteiger partial charge in [-0.2, -0.15) is 0 Å². The van der Waals surface area contributed by atoms with Crippen LogP contribution in [0.1, 0.15) is 20.3 Å². The number of para-hydroxylation sites is 2. The van der Waals surface area contributed by atoms with Crippen LogP contribution in [-0.2, 0) is 14.4 Å². The van der Waals surface area contributed by atoms with Gasteiger partial charge in [-0.1, -0.05) is 19.1 Å². The molecule has 0 unspecified atom stereocenters. The van der Waals surface area contributed by atoms with E-state index in [1.165, 1.54) is 6.92 Å². The van der Waals surface area contributed by atoms with Gasteiger partial charge in [0.25, 0.3) is 5.91 Å². The first-order valence-corrected chi connectivity index (χ1v) is 9.92. The Kier molecular flexibility index (Phi) is 6.90. The molecule has 1 atom stereocenters. The van der Waals surface area contributed by atoms with Gasteiger partial charge in [0, 0.05) is 24.8 Å². The first-order chi connectivity index (χ1) is 14.5. The van der Waals surface area contributed by atoms with Crippen molar-refractivity contribution >= 4 is 34.8 Å². The summed E-state index contributed by atoms with van der Waals surface area (Å²) < 4.78 is 5.85. The second kappa shape index (κ2) is 9.78. The minimum atomic E-state index is -0.684. The molecule has 1 aliphatic rings. The predicted octanol–water partition coefficient (Wildman–Crippen LogP) is 2.38. The highest BCUT2D eigenvalue weighted by Crippen LogP contribution is 2.33. The third-order valence-electron chi connectivity index (χ3n) is 4.53. The summed E-state index contributed by atoms with van der Waals surface area (Å²) in [6.45, 7) is 4.35. The second-order valence-corrected chi connectivity index (χ2v) is 7.05.